The second-order valence-corrected chi connectivity index (χ2v) is 6.65. The molecule has 4 fully saturated rings. The van der Waals surface area contributed by atoms with Crippen LogP contribution in [0.2, 0.25) is 0 Å². The fourth-order valence-electron chi connectivity index (χ4n) is 4.81. The molecule has 2 aliphatic heterocycles. The molecule has 4 heteroatoms. The maximum Gasteiger partial charge on any atom is 0.306 e. The average molecular weight is 250 g/mol. The van der Waals surface area contributed by atoms with E-state index >= 15 is 0 Å². The van der Waals surface area contributed by atoms with Crippen molar-refractivity contribution in [1.82, 2.24) is 0 Å². The van der Waals surface area contributed by atoms with Crippen LogP contribution >= 0.6 is 0 Å². The number of rotatable bonds is 0. The van der Waals surface area contributed by atoms with E-state index in [1.54, 1.807) is 0 Å². The van der Waals surface area contributed by atoms with Gasteiger partial charge in [0.1, 0.15) is 11.2 Å². The van der Waals surface area contributed by atoms with Crippen LogP contribution in [0, 0.1) is 11.8 Å². The van der Waals surface area contributed by atoms with Crippen molar-refractivity contribution >= 4 is 11.9 Å². The summed E-state index contributed by atoms with van der Waals surface area (Å²) in [5, 5.41) is 0. The Hall–Kier alpha value is -1.06. The highest BCUT2D eigenvalue weighted by molar-refractivity contribution is 5.73. The Bertz CT molecular complexity index is 376. The zero-order valence-electron chi connectivity index (χ0n) is 10.4. The molecule has 98 valence electrons. The van der Waals surface area contributed by atoms with Gasteiger partial charge in [0.2, 0.25) is 0 Å². The van der Waals surface area contributed by atoms with Crippen molar-refractivity contribution in [1.29, 1.82) is 0 Å². The van der Waals surface area contributed by atoms with Crippen LogP contribution in [0.25, 0.3) is 0 Å². The van der Waals surface area contributed by atoms with Gasteiger partial charge in [-0.1, -0.05) is 0 Å². The third-order valence-corrected chi connectivity index (χ3v) is 5.43. The van der Waals surface area contributed by atoms with Gasteiger partial charge in [-0.15, -0.1) is 0 Å². The Balaban J connectivity index is 1.50. The van der Waals surface area contributed by atoms with Gasteiger partial charge in [0.25, 0.3) is 0 Å². The highest BCUT2D eigenvalue weighted by atomic mass is 16.6. The minimum atomic E-state index is -0.156. The molecule has 4 nitrogen and oxygen atoms in total. The van der Waals surface area contributed by atoms with Gasteiger partial charge in [0.15, 0.2) is 0 Å². The lowest BCUT2D eigenvalue weighted by molar-refractivity contribution is -0.149. The molecule has 2 aliphatic carbocycles. The quantitative estimate of drug-likeness (QED) is 0.617. The largest absolute Gasteiger partial charge is 0.459 e. The second kappa shape index (κ2) is 3.28. The lowest BCUT2D eigenvalue weighted by Gasteiger charge is -2.27. The van der Waals surface area contributed by atoms with E-state index < -0.39 is 0 Å². The number of fused-ring (bicyclic) bond motifs is 1. The molecule has 0 atom stereocenters. The third-order valence-electron chi connectivity index (χ3n) is 5.43. The first-order valence-corrected chi connectivity index (χ1v) is 7.02. The fraction of sp³-hybridized carbons (Fsp3) is 0.857. The summed E-state index contributed by atoms with van der Waals surface area (Å²) in [4.78, 5) is 22.7. The number of esters is 2. The maximum atomic E-state index is 11.3. The van der Waals surface area contributed by atoms with Crippen LogP contribution in [0.5, 0.6) is 0 Å². The van der Waals surface area contributed by atoms with Crippen molar-refractivity contribution in [3.05, 3.63) is 0 Å². The first-order chi connectivity index (χ1) is 8.58. The van der Waals surface area contributed by atoms with Crippen LogP contribution in [0.4, 0.5) is 0 Å². The molecular weight excluding hydrogens is 232 g/mol. The van der Waals surface area contributed by atoms with Gasteiger partial charge in [-0.05, 0) is 50.4 Å². The highest BCUT2D eigenvalue weighted by Crippen LogP contribution is 2.59. The molecule has 0 bridgehead atoms. The first-order valence-electron chi connectivity index (χ1n) is 7.02. The molecule has 0 amide bonds. The van der Waals surface area contributed by atoms with Crippen molar-refractivity contribution in [3.8, 4) is 0 Å². The number of carbonyl (C=O) groups is 2. The normalized spacial score (nSPS) is 50.0. The summed E-state index contributed by atoms with van der Waals surface area (Å²) in [5.74, 6) is 1.11. The third kappa shape index (κ3) is 1.44. The van der Waals surface area contributed by atoms with E-state index in [-0.39, 0.29) is 23.1 Å². The zero-order valence-corrected chi connectivity index (χ0v) is 10.4. The summed E-state index contributed by atoms with van der Waals surface area (Å²) < 4.78 is 11.1. The van der Waals surface area contributed by atoms with Crippen molar-refractivity contribution in [3.63, 3.8) is 0 Å². The molecule has 4 aliphatic rings. The van der Waals surface area contributed by atoms with Crippen molar-refractivity contribution in [2.24, 2.45) is 11.8 Å². The second-order valence-electron chi connectivity index (χ2n) is 6.65. The molecule has 2 heterocycles. The van der Waals surface area contributed by atoms with E-state index in [9.17, 15) is 9.59 Å². The van der Waals surface area contributed by atoms with Gasteiger partial charge in [0.05, 0.1) is 0 Å². The highest BCUT2D eigenvalue weighted by Gasteiger charge is 2.59. The van der Waals surface area contributed by atoms with Crippen molar-refractivity contribution in [2.45, 2.75) is 62.6 Å². The van der Waals surface area contributed by atoms with Crippen molar-refractivity contribution < 1.29 is 19.1 Å². The van der Waals surface area contributed by atoms with Crippen LogP contribution in [0.1, 0.15) is 51.4 Å². The van der Waals surface area contributed by atoms with Gasteiger partial charge >= 0.3 is 11.9 Å². The van der Waals surface area contributed by atoms with Gasteiger partial charge in [0, 0.05) is 12.8 Å². The van der Waals surface area contributed by atoms with E-state index in [0.717, 1.165) is 38.5 Å². The molecule has 2 spiro atoms. The van der Waals surface area contributed by atoms with Gasteiger partial charge in [-0.25, -0.2) is 0 Å². The van der Waals surface area contributed by atoms with Crippen LogP contribution in [0.3, 0.4) is 0 Å². The predicted molar refractivity (Wildman–Crippen MR) is 61.6 cm³/mol. The molecule has 0 aromatic rings. The van der Waals surface area contributed by atoms with Gasteiger partial charge in [-0.2, -0.15) is 0 Å². The van der Waals surface area contributed by atoms with E-state index in [1.807, 2.05) is 0 Å². The minimum Gasteiger partial charge on any atom is -0.459 e. The lowest BCUT2D eigenvalue weighted by atomic mass is 9.89. The van der Waals surface area contributed by atoms with Crippen LogP contribution < -0.4 is 0 Å². The standard InChI is InChI=1S/C14H18O4/c15-11-1-3-13(17-11)5-9-7-14(8-10(9)6-13)4-2-12(16)18-14/h9-10H,1-8H2. The summed E-state index contributed by atoms with van der Waals surface area (Å²) in [7, 11) is 0. The zero-order chi connectivity index (χ0) is 12.4. The summed E-state index contributed by atoms with van der Waals surface area (Å²) in [6.45, 7) is 0. The minimum absolute atomic E-state index is 0.0306. The maximum absolute atomic E-state index is 11.3. The fourth-order valence-corrected chi connectivity index (χ4v) is 4.81. The molecule has 0 radical (unpaired) electrons. The smallest absolute Gasteiger partial charge is 0.306 e. The Labute approximate surface area is 106 Å². The SMILES string of the molecule is O=C1CCC2(CC3CC4(CCC(=O)O4)CC3C2)O1. The summed E-state index contributed by atoms with van der Waals surface area (Å²) in [5.41, 5.74) is -0.312. The molecule has 0 N–H and O–H groups in total. The summed E-state index contributed by atoms with van der Waals surface area (Å²) in [6, 6.07) is 0. The molecule has 2 saturated carbocycles. The predicted octanol–water partition coefficient (Wildman–Crippen LogP) is 1.96. The topological polar surface area (TPSA) is 52.6 Å². The Morgan fingerprint density at radius 3 is 1.44 bits per heavy atom. The van der Waals surface area contributed by atoms with E-state index in [4.69, 9.17) is 9.47 Å². The molecule has 0 aromatic carbocycles. The monoisotopic (exact) mass is 250 g/mol. The van der Waals surface area contributed by atoms with Crippen LogP contribution in [0.15, 0.2) is 0 Å². The van der Waals surface area contributed by atoms with Crippen LogP contribution in [-0.4, -0.2) is 23.1 Å². The lowest BCUT2D eigenvalue weighted by Crippen LogP contribution is -2.30. The average Bonchev–Trinajstić information content (AvgIpc) is 2.97. The molecule has 0 unspecified atom stereocenters. The number of hydrogen-bond acceptors (Lipinski definition) is 4. The Morgan fingerprint density at radius 1 is 0.778 bits per heavy atom. The van der Waals surface area contributed by atoms with Crippen LogP contribution in [-0.2, 0) is 19.1 Å². The van der Waals surface area contributed by atoms with Gasteiger partial charge in [-0.3, -0.25) is 9.59 Å². The first kappa shape index (κ1) is 10.8. The van der Waals surface area contributed by atoms with E-state index in [1.165, 1.54) is 0 Å². The number of carbonyl (C=O) groups excluding carboxylic acids is 2. The van der Waals surface area contributed by atoms with Crippen molar-refractivity contribution in [2.75, 3.05) is 0 Å². The Morgan fingerprint density at radius 2 is 1.17 bits per heavy atom. The molecule has 0 aromatic heterocycles. The molecule has 4 rings (SSSR count). The summed E-state index contributed by atoms with van der Waals surface area (Å²) >= 11 is 0. The number of hydrogen-bond donors (Lipinski definition) is 0. The summed E-state index contributed by atoms with van der Waals surface area (Å²) in [6.07, 6.45) is 6.91. The molecular formula is C14H18O4. The Kier molecular flexibility index (Phi) is 1.97. The van der Waals surface area contributed by atoms with E-state index in [0.29, 0.717) is 24.7 Å². The molecule has 2 saturated heterocycles. The van der Waals surface area contributed by atoms with E-state index in [2.05, 4.69) is 0 Å². The molecule has 18 heavy (non-hydrogen) atoms. The number of ether oxygens (including phenoxy) is 2. The van der Waals surface area contributed by atoms with Gasteiger partial charge < -0.3 is 9.47 Å².